The van der Waals surface area contributed by atoms with Crippen LogP contribution in [0, 0.1) is 22.7 Å². The number of carbonyl (C=O) groups is 1. The lowest BCUT2D eigenvalue weighted by Crippen LogP contribution is -2.16. The molecular formula is C23H18N4O3. The first kappa shape index (κ1) is 20.4. The minimum atomic E-state index is -0.659. The third kappa shape index (κ3) is 3.91. The Morgan fingerprint density at radius 1 is 1.00 bits per heavy atom. The third-order valence-corrected chi connectivity index (χ3v) is 4.39. The number of hydrogen-bond acceptors (Lipinski definition) is 6. The molecule has 148 valence electrons. The first-order valence-electron chi connectivity index (χ1n) is 9.13. The normalized spacial score (nSPS) is 10.3. The number of H-pyrrole nitrogens is 1. The van der Waals surface area contributed by atoms with Crippen LogP contribution in [-0.2, 0) is 4.74 Å². The van der Waals surface area contributed by atoms with Crippen molar-refractivity contribution in [3.05, 3.63) is 75.6 Å². The summed E-state index contributed by atoms with van der Waals surface area (Å²) in [7, 11) is 0. The molecule has 0 aliphatic rings. The number of nitrogens with zero attached hydrogens (tertiary/aromatic N) is 2. The van der Waals surface area contributed by atoms with Crippen LogP contribution in [-0.4, -0.2) is 17.1 Å². The fourth-order valence-electron chi connectivity index (χ4n) is 3.09. The zero-order valence-corrected chi connectivity index (χ0v) is 16.4. The number of nitrogens with two attached hydrogens (primary N) is 1. The van der Waals surface area contributed by atoms with Gasteiger partial charge in [-0.15, -0.1) is 0 Å². The van der Waals surface area contributed by atoms with Crippen molar-refractivity contribution >= 4 is 11.8 Å². The van der Waals surface area contributed by atoms with Gasteiger partial charge in [0.2, 0.25) is 0 Å². The molecule has 3 rings (SSSR count). The van der Waals surface area contributed by atoms with Gasteiger partial charge < -0.3 is 15.5 Å². The monoisotopic (exact) mass is 398 g/mol. The van der Waals surface area contributed by atoms with Gasteiger partial charge in [0, 0.05) is 5.56 Å². The predicted octanol–water partition coefficient (Wildman–Crippen LogP) is 3.60. The second kappa shape index (κ2) is 8.34. The van der Waals surface area contributed by atoms with Crippen LogP contribution in [0.2, 0.25) is 0 Å². The van der Waals surface area contributed by atoms with Crippen LogP contribution in [0.25, 0.3) is 22.3 Å². The maximum Gasteiger partial charge on any atom is 0.338 e. The number of nitrogen functional groups attached to an aromatic ring is 1. The Bertz CT molecular complexity index is 1280. The minimum absolute atomic E-state index is 0.0255. The number of benzene rings is 2. The van der Waals surface area contributed by atoms with Gasteiger partial charge in [0.15, 0.2) is 0 Å². The number of carbonyl (C=O) groups excluding carboxylic acids is 1. The molecule has 0 saturated heterocycles. The summed E-state index contributed by atoms with van der Waals surface area (Å²) in [6.45, 7) is 3.55. The van der Waals surface area contributed by atoms with Gasteiger partial charge in [-0.05, 0) is 48.7 Å². The molecule has 0 aliphatic carbocycles. The lowest BCUT2D eigenvalue weighted by molar-refractivity contribution is 0.0378. The van der Waals surface area contributed by atoms with Crippen molar-refractivity contribution in [1.82, 2.24) is 4.98 Å². The number of esters is 1. The highest BCUT2D eigenvalue weighted by Crippen LogP contribution is 2.31. The first-order chi connectivity index (χ1) is 14.3. The van der Waals surface area contributed by atoms with Crippen molar-refractivity contribution in [2.24, 2.45) is 0 Å². The topological polar surface area (TPSA) is 133 Å². The van der Waals surface area contributed by atoms with Gasteiger partial charge in [-0.3, -0.25) is 4.79 Å². The Morgan fingerprint density at radius 3 is 2.23 bits per heavy atom. The summed E-state index contributed by atoms with van der Waals surface area (Å²) in [6, 6.07) is 17.7. The molecule has 0 radical (unpaired) electrons. The average molecular weight is 398 g/mol. The number of ether oxygens (including phenoxy) is 1. The Hall–Kier alpha value is -4.36. The van der Waals surface area contributed by atoms with Gasteiger partial charge in [-0.2, -0.15) is 10.5 Å². The average Bonchev–Trinajstić information content (AvgIpc) is 2.73. The molecule has 7 heteroatoms. The Labute approximate surface area is 173 Å². The molecule has 3 aromatic rings. The molecule has 0 unspecified atom stereocenters. The zero-order chi connectivity index (χ0) is 21.8. The molecule has 0 aliphatic heterocycles. The highest BCUT2D eigenvalue weighted by Gasteiger charge is 2.18. The SMILES string of the molecule is CC(C)OC(=O)c1cccc(-c2cccc(-c3c(C#N)c(N)[nH]c(=O)c3C#N)c2)c1. The Morgan fingerprint density at radius 2 is 1.60 bits per heavy atom. The molecule has 0 bridgehead atoms. The van der Waals surface area contributed by atoms with Gasteiger partial charge in [0.1, 0.15) is 29.1 Å². The van der Waals surface area contributed by atoms with E-state index in [4.69, 9.17) is 10.5 Å². The Kier molecular flexibility index (Phi) is 5.66. The summed E-state index contributed by atoms with van der Waals surface area (Å²) in [5.41, 5.74) is 7.53. The van der Waals surface area contributed by atoms with E-state index in [0.29, 0.717) is 11.1 Å². The highest BCUT2D eigenvalue weighted by molar-refractivity contribution is 5.91. The van der Waals surface area contributed by atoms with E-state index in [1.807, 2.05) is 24.3 Å². The highest BCUT2D eigenvalue weighted by atomic mass is 16.5. The van der Waals surface area contributed by atoms with Crippen molar-refractivity contribution in [1.29, 1.82) is 10.5 Å². The van der Waals surface area contributed by atoms with Crippen LogP contribution in [0.4, 0.5) is 5.82 Å². The largest absolute Gasteiger partial charge is 0.459 e. The molecule has 7 nitrogen and oxygen atoms in total. The van der Waals surface area contributed by atoms with Gasteiger partial charge in [0.05, 0.1) is 11.7 Å². The molecule has 0 amide bonds. The second-order valence-corrected chi connectivity index (χ2v) is 6.83. The lowest BCUT2D eigenvalue weighted by atomic mass is 9.93. The van der Waals surface area contributed by atoms with Crippen molar-refractivity contribution in [2.75, 3.05) is 5.73 Å². The van der Waals surface area contributed by atoms with Crippen molar-refractivity contribution in [3.8, 4) is 34.4 Å². The number of pyridine rings is 1. The molecule has 3 N–H and O–H groups in total. The molecule has 0 fully saturated rings. The maximum absolute atomic E-state index is 12.2. The number of hydrogen-bond donors (Lipinski definition) is 2. The fourth-order valence-corrected chi connectivity index (χ4v) is 3.09. The van der Waals surface area contributed by atoms with E-state index in [0.717, 1.165) is 11.1 Å². The molecule has 2 aromatic carbocycles. The number of aromatic amines is 1. The van der Waals surface area contributed by atoms with Crippen LogP contribution in [0.3, 0.4) is 0 Å². The third-order valence-electron chi connectivity index (χ3n) is 4.39. The van der Waals surface area contributed by atoms with E-state index in [-0.39, 0.29) is 28.6 Å². The van der Waals surface area contributed by atoms with Crippen LogP contribution >= 0.6 is 0 Å². The number of anilines is 1. The van der Waals surface area contributed by atoms with Gasteiger partial charge in [-0.1, -0.05) is 30.3 Å². The number of nitriles is 2. The predicted molar refractivity (Wildman–Crippen MR) is 112 cm³/mol. The van der Waals surface area contributed by atoms with Crippen molar-refractivity contribution in [2.45, 2.75) is 20.0 Å². The molecule has 1 heterocycles. The van der Waals surface area contributed by atoms with E-state index in [1.54, 1.807) is 50.2 Å². The second-order valence-electron chi connectivity index (χ2n) is 6.83. The standard InChI is InChI=1S/C23H18N4O3/c1-13(2)30-23(29)17-8-4-6-15(10-17)14-5-3-7-16(9-14)20-18(11-24)21(26)27-22(28)19(20)12-25/h3-10,13H,1-2H3,(H3,26,27,28). The van der Waals surface area contributed by atoms with Gasteiger partial charge in [0.25, 0.3) is 5.56 Å². The quantitative estimate of drug-likeness (QED) is 0.645. The van der Waals surface area contributed by atoms with Gasteiger partial charge in [-0.25, -0.2) is 4.79 Å². The summed E-state index contributed by atoms with van der Waals surface area (Å²) < 4.78 is 5.24. The maximum atomic E-state index is 12.2. The van der Waals surface area contributed by atoms with E-state index in [9.17, 15) is 20.1 Å². The van der Waals surface area contributed by atoms with Crippen molar-refractivity contribution < 1.29 is 9.53 Å². The molecule has 0 atom stereocenters. The fraction of sp³-hybridized carbons (Fsp3) is 0.130. The lowest BCUT2D eigenvalue weighted by Gasteiger charge is -2.12. The number of nitrogens with one attached hydrogen (secondary N) is 1. The van der Waals surface area contributed by atoms with E-state index in [2.05, 4.69) is 4.98 Å². The smallest absolute Gasteiger partial charge is 0.338 e. The molecule has 1 aromatic heterocycles. The van der Waals surface area contributed by atoms with E-state index >= 15 is 0 Å². The van der Waals surface area contributed by atoms with E-state index < -0.39 is 11.5 Å². The summed E-state index contributed by atoms with van der Waals surface area (Å²) in [4.78, 5) is 26.7. The van der Waals surface area contributed by atoms with Crippen LogP contribution in [0.1, 0.15) is 35.3 Å². The molecule has 0 spiro atoms. The number of aromatic nitrogens is 1. The minimum Gasteiger partial charge on any atom is -0.459 e. The summed E-state index contributed by atoms with van der Waals surface area (Å²) >= 11 is 0. The Balaban J connectivity index is 2.15. The summed E-state index contributed by atoms with van der Waals surface area (Å²) in [6.07, 6.45) is -0.236. The number of rotatable bonds is 4. The first-order valence-corrected chi connectivity index (χ1v) is 9.13. The van der Waals surface area contributed by atoms with Crippen LogP contribution < -0.4 is 11.3 Å². The van der Waals surface area contributed by atoms with Crippen LogP contribution in [0.5, 0.6) is 0 Å². The molecule has 0 saturated carbocycles. The van der Waals surface area contributed by atoms with Crippen molar-refractivity contribution in [3.63, 3.8) is 0 Å². The van der Waals surface area contributed by atoms with Gasteiger partial charge >= 0.3 is 5.97 Å². The van der Waals surface area contributed by atoms with E-state index in [1.165, 1.54) is 0 Å². The molecule has 30 heavy (non-hydrogen) atoms. The zero-order valence-electron chi connectivity index (χ0n) is 16.4. The summed E-state index contributed by atoms with van der Waals surface area (Å²) in [5.74, 6) is -0.524. The van der Waals surface area contributed by atoms with Crippen LogP contribution in [0.15, 0.2) is 53.3 Å². The molecular weight excluding hydrogens is 380 g/mol. The summed E-state index contributed by atoms with van der Waals surface area (Å²) in [5, 5.41) is 19.0.